The van der Waals surface area contributed by atoms with Crippen molar-refractivity contribution in [2.75, 3.05) is 66.8 Å². The van der Waals surface area contributed by atoms with Crippen molar-refractivity contribution in [2.45, 2.75) is 26.2 Å². The minimum Gasteiger partial charge on any atom is -0.384 e. The number of methoxy groups -OCH3 is 1. The molecule has 1 fully saturated rings. The average molecular weight is 315 g/mol. The second-order valence-corrected chi connectivity index (χ2v) is 5.61. The quantitative estimate of drug-likeness (QED) is 0.354. The highest BCUT2D eigenvalue weighted by atomic mass is 16.5. The molecule has 0 spiro atoms. The van der Waals surface area contributed by atoms with Crippen molar-refractivity contribution in [1.82, 2.24) is 10.2 Å². The van der Waals surface area contributed by atoms with Crippen LogP contribution in [-0.4, -0.2) is 77.7 Å². The Balaban J connectivity index is 2.03. The zero-order valence-corrected chi connectivity index (χ0v) is 14.5. The summed E-state index contributed by atoms with van der Waals surface area (Å²) in [5, 5.41) is 3.35. The summed E-state index contributed by atoms with van der Waals surface area (Å²) in [5.74, 6) is 1.57. The third-order valence-electron chi connectivity index (χ3n) is 3.74. The number of nitrogens with zero attached hydrogens (tertiary/aromatic N) is 2. The SMILES string of the molecule is CCCCOCCOCCNC(=NC)N1CCC(COC)C1. The summed E-state index contributed by atoms with van der Waals surface area (Å²) in [6.45, 7) is 8.66. The molecule has 1 heterocycles. The van der Waals surface area contributed by atoms with Gasteiger partial charge in [0.2, 0.25) is 0 Å². The predicted molar refractivity (Wildman–Crippen MR) is 89.5 cm³/mol. The summed E-state index contributed by atoms with van der Waals surface area (Å²) in [4.78, 5) is 6.63. The molecule has 130 valence electrons. The topological polar surface area (TPSA) is 55.3 Å². The van der Waals surface area contributed by atoms with Gasteiger partial charge in [0, 0.05) is 46.3 Å². The molecule has 1 aliphatic heterocycles. The van der Waals surface area contributed by atoms with Crippen molar-refractivity contribution < 1.29 is 14.2 Å². The van der Waals surface area contributed by atoms with Crippen LogP contribution in [0.2, 0.25) is 0 Å². The van der Waals surface area contributed by atoms with Gasteiger partial charge in [-0.3, -0.25) is 4.99 Å². The molecule has 0 radical (unpaired) electrons. The van der Waals surface area contributed by atoms with Gasteiger partial charge in [0.25, 0.3) is 0 Å². The number of rotatable bonds is 11. The lowest BCUT2D eigenvalue weighted by atomic mass is 10.1. The number of aliphatic imine (C=N–C) groups is 1. The molecule has 1 saturated heterocycles. The third kappa shape index (κ3) is 7.96. The van der Waals surface area contributed by atoms with Gasteiger partial charge in [-0.1, -0.05) is 13.3 Å². The lowest BCUT2D eigenvalue weighted by molar-refractivity contribution is 0.0486. The van der Waals surface area contributed by atoms with Crippen molar-refractivity contribution in [3.05, 3.63) is 0 Å². The number of guanidine groups is 1. The monoisotopic (exact) mass is 315 g/mol. The van der Waals surface area contributed by atoms with Gasteiger partial charge in [0.15, 0.2) is 5.96 Å². The molecule has 0 saturated carbocycles. The zero-order chi connectivity index (χ0) is 16.0. The Bertz CT molecular complexity index is 300. The van der Waals surface area contributed by atoms with Crippen LogP contribution in [0.1, 0.15) is 26.2 Å². The second-order valence-electron chi connectivity index (χ2n) is 5.61. The summed E-state index contributed by atoms with van der Waals surface area (Å²) in [7, 11) is 3.59. The maximum atomic E-state index is 5.55. The largest absolute Gasteiger partial charge is 0.384 e. The van der Waals surface area contributed by atoms with E-state index in [1.165, 1.54) is 12.8 Å². The summed E-state index contributed by atoms with van der Waals surface area (Å²) in [5.41, 5.74) is 0. The third-order valence-corrected chi connectivity index (χ3v) is 3.74. The van der Waals surface area contributed by atoms with Crippen LogP contribution >= 0.6 is 0 Å². The van der Waals surface area contributed by atoms with Crippen molar-refractivity contribution in [2.24, 2.45) is 10.9 Å². The first-order valence-corrected chi connectivity index (χ1v) is 8.41. The number of hydrogen-bond donors (Lipinski definition) is 1. The summed E-state index contributed by atoms with van der Waals surface area (Å²) in [6.07, 6.45) is 3.46. The van der Waals surface area contributed by atoms with Crippen molar-refractivity contribution >= 4 is 5.96 Å². The van der Waals surface area contributed by atoms with Crippen LogP contribution in [-0.2, 0) is 14.2 Å². The lowest BCUT2D eigenvalue weighted by Gasteiger charge is -2.21. The molecule has 6 nitrogen and oxygen atoms in total. The zero-order valence-electron chi connectivity index (χ0n) is 14.5. The van der Waals surface area contributed by atoms with Gasteiger partial charge in [-0.2, -0.15) is 0 Å². The molecule has 0 aromatic heterocycles. The molecule has 0 aromatic carbocycles. The van der Waals surface area contributed by atoms with Crippen LogP contribution < -0.4 is 5.32 Å². The van der Waals surface area contributed by atoms with E-state index in [9.17, 15) is 0 Å². The van der Waals surface area contributed by atoms with E-state index in [4.69, 9.17) is 14.2 Å². The molecule has 6 heteroatoms. The molecule has 1 unspecified atom stereocenters. The first kappa shape index (κ1) is 19.2. The van der Waals surface area contributed by atoms with Crippen LogP contribution in [0.3, 0.4) is 0 Å². The average Bonchev–Trinajstić information content (AvgIpc) is 2.98. The Morgan fingerprint density at radius 1 is 1.23 bits per heavy atom. The molecular weight excluding hydrogens is 282 g/mol. The van der Waals surface area contributed by atoms with Gasteiger partial charge in [0.1, 0.15) is 0 Å². The first-order chi connectivity index (χ1) is 10.8. The standard InChI is InChI=1S/C16H33N3O3/c1-4-5-9-21-11-12-22-10-7-18-16(17-2)19-8-6-15(13-19)14-20-3/h15H,4-14H2,1-3H3,(H,17,18). The molecule has 22 heavy (non-hydrogen) atoms. The number of ether oxygens (including phenoxy) is 3. The minimum atomic E-state index is 0.611. The highest BCUT2D eigenvalue weighted by molar-refractivity contribution is 5.80. The highest BCUT2D eigenvalue weighted by Crippen LogP contribution is 2.16. The van der Waals surface area contributed by atoms with Crippen LogP contribution in [0.15, 0.2) is 4.99 Å². The summed E-state index contributed by atoms with van der Waals surface area (Å²) in [6, 6.07) is 0. The Hall–Kier alpha value is -0.850. The fourth-order valence-corrected chi connectivity index (χ4v) is 2.53. The van der Waals surface area contributed by atoms with Crippen molar-refractivity contribution in [3.63, 3.8) is 0 Å². The van der Waals surface area contributed by atoms with E-state index < -0.39 is 0 Å². The first-order valence-electron chi connectivity index (χ1n) is 8.41. The molecule has 0 aromatic rings. The van der Waals surface area contributed by atoms with Crippen molar-refractivity contribution in [1.29, 1.82) is 0 Å². The molecule has 1 rings (SSSR count). The highest BCUT2D eigenvalue weighted by Gasteiger charge is 2.24. The molecule has 1 N–H and O–H groups in total. The smallest absolute Gasteiger partial charge is 0.193 e. The van der Waals surface area contributed by atoms with E-state index in [1.54, 1.807) is 7.11 Å². The Morgan fingerprint density at radius 3 is 2.68 bits per heavy atom. The number of hydrogen-bond acceptors (Lipinski definition) is 4. The fourth-order valence-electron chi connectivity index (χ4n) is 2.53. The molecule has 0 bridgehead atoms. The van der Waals surface area contributed by atoms with Gasteiger partial charge in [0.05, 0.1) is 26.4 Å². The van der Waals surface area contributed by atoms with Gasteiger partial charge >= 0.3 is 0 Å². The lowest BCUT2D eigenvalue weighted by Crippen LogP contribution is -2.41. The van der Waals surface area contributed by atoms with E-state index in [0.717, 1.165) is 45.2 Å². The summed E-state index contributed by atoms with van der Waals surface area (Å²) >= 11 is 0. The van der Waals surface area contributed by atoms with E-state index in [0.29, 0.717) is 25.7 Å². The fraction of sp³-hybridized carbons (Fsp3) is 0.938. The number of likely N-dealkylation sites (tertiary alicyclic amines) is 1. The Morgan fingerprint density at radius 2 is 2.00 bits per heavy atom. The van der Waals surface area contributed by atoms with Crippen LogP contribution in [0.5, 0.6) is 0 Å². The second kappa shape index (κ2) is 12.7. The van der Waals surface area contributed by atoms with E-state index >= 15 is 0 Å². The van der Waals surface area contributed by atoms with Gasteiger partial charge in [-0.25, -0.2) is 0 Å². The normalized spacial score (nSPS) is 19.0. The van der Waals surface area contributed by atoms with Crippen LogP contribution in [0.4, 0.5) is 0 Å². The van der Waals surface area contributed by atoms with Crippen LogP contribution in [0.25, 0.3) is 0 Å². The van der Waals surface area contributed by atoms with Crippen molar-refractivity contribution in [3.8, 4) is 0 Å². The van der Waals surface area contributed by atoms with E-state index in [-0.39, 0.29) is 0 Å². The molecule has 0 aliphatic carbocycles. The molecule has 0 amide bonds. The maximum Gasteiger partial charge on any atom is 0.193 e. The van der Waals surface area contributed by atoms with Gasteiger partial charge < -0.3 is 24.4 Å². The van der Waals surface area contributed by atoms with E-state index in [2.05, 4.69) is 22.1 Å². The maximum absolute atomic E-state index is 5.55. The number of unbranched alkanes of at least 4 members (excludes halogenated alkanes) is 1. The number of nitrogens with one attached hydrogen (secondary N) is 1. The Labute approximate surface area is 135 Å². The van der Waals surface area contributed by atoms with Gasteiger partial charge in [-0.15, -0.1) is 0 Å². The van der Waals surface area contributed by atoms with E-state index in [1.807, 2.05) is 7.05 Å². The molecule has 1 aliphatic rings. The predicted octanol–water partition coefficient (Wildman–Crippen LogP) is 1.36. The van der Waals surface area contributed by atoms with Gasteiger partial charge in [-0.05, 0) is 12.8 Å². The molecule has 1 atom stereocenters. The summed E-state index contributed by atoms with van der Waals surface area (Å²) < 4.78 is 16.2. The Kier molecular flexibility index (Phi) is 11.1. The minimum absolute atomic E-state index is 0.611. The van der Waals surface area contributed by atoms with Crippen LogP contribution in [0, 0.1) is 5.92 Å². The molecular formula is C16H33N3O3.